The minimum absolute atomic E-state index is 0.242. The number of primary amides is 1. The SMILES string of the molecule is C[C@H](Sc1nnc(N)s1)C(=O)Nc1sccc1C(N)=O. The lowest BCUT2D eigenvalue weighted by molar-refractivity contribution is -0.115. The van der Waals surface area contributed by atoms with Gasteiger partial charge in [-0.1, -0.05) is 23.1 Å². The second-order valence-corrected chi connectivity index (χ2v) is 7.20. The number of anilines is 2. The third kappa shape index (κ3) is 3.46. The molecule has 0 saturated heterocycles. The maximum Gasteiger partial charge on any atom is 0.251 e. The third-order valence-corrected chi connectivity index (χ3v) is 5.00. The zero-order chi connectivity index (χ0) is 14.7. The Morgan fingerprint density at radius 1 is 1.45 bits per heavy atom. The predicted octanol–water partition coefficient (Wildman–Crippen LogP) is 1.40. The van der Waals surface area contributed by atoms with Gasteiger partial charge in [0.15, 0.2) is 4.34 Å². The molecule has 0 aliphatic carbocycles. The van der Waals surface area contributed by atoms with E-state index in [1.165, 1.54) is 34.4 Å². The molecule has 0 aromatic carbocycles. The van der Waals surface area contributed by atoms with Crippen LogP contribution in [0, 0.1) is 0 Å². The smallest absolute Gasteiger partial charge is 0.251 e. The van der Waals surface area contributed by atoms with Crippen molar-refractivity contribution in [2.45, 2.75) is 16.5 Å². The van der Waals surface area contributed by atoms with Crippen molar-refractivity contribution in [3.8, 4) is 0 Å². The lowest BCUT2D eigenvalue weighted by Crippen LogP contribution is -2.23. The van der Waals surface area contributed by atoms with Crippen LogP contribution in [-0.2, 0) is 4.79 Å². The lowest BCUT2D eigenvalue weighted by atomic mass is 10.3. The van der Waals surface area contributed by atoms with Gasteiger partial charge in [-0.2, -0.15) is 0 Å². The Labute approximate surface area is 126 Å². The van der Waals surface area contributed by atoms with Gasteiger partial charge in [0, 0.05) is 0 Å². The van der Waals surface area contributed by atoms with Crippen LogP contribution in [0.5, 0.6) is 0 Å². The zero-order valence-electron chi connectivity index (χ0n) is 10.3. The Bertz CT molecular complexity index is 638. The Morgan fingerprint density at radius 2 is 2.20 bits per heavy atom. The van der Waals surface area contributed by atoms with Gasteiger partial charge in [-0.25, -0.2) is 0 Å². The molecular weight excluding hydrogens is 318 g/mol. The third-order valence-electron chi connectivity index (χ3n) is 2.24. The number of carbonyl (C=O) groups is 2. The highest BCUT2D eigenvalue weighted by Gasteiger charge is 2.19. The highest BCUT2D eigenvalue weighted by atomic mass is 32.2. The fraction of sp³-hybridized carbons (Fsp3) is 0.200. The Balaban J connectivity index is 2.00. The van der Waals surface area contributed by atoms with Crippen LogP contribution in [-0.4, -0.2) is 27.3 Å². The highest BCUT2D eigenvalue weighted by molar-refractivity contribution is 8.02. The molecule has 0 aliphatic rings. The monoisotopic (exact) mass is 329 g/mol. The molecule has 20 heavy (non-hydrogen) atoms. The van der Waals surface area contributed by atoms with Gasteiger partial charge in [0.25, 0.3) is 5.91 Å². The number of amides is 2. The number of nitrogens with one attached hydrogen (secondary N) is 1. The molecule has 0 bridgehead atoms. The Hall–Kier alpha value is -1.65. The van der Waals surface area contributed by atoms with Crippen molar-refractivity contribution in [2.24, 2.45) is 5.73 Å². The van der Waals surface area contributed by atoms with Crippen LogP contribution in [0.2, 0.25) is 0 Å². The van der Waals surface area contributed by atoms with Gasteiger partial charge in [0.05, 0.1) is 10.8 Å². The number of aromatic nitrogens is 2. The molecule has 10 heteroatoms. The lowest BCUT2D eigenvalue weighted by Gasteiger charge is -2.09. The first-order valence-corrected chi connectivity index (χ1v) is 7.98. The second-order valence-electron chi connectivity index (χ2n) is 3.68. The molecule has 2 rings (SSSR count). The van der Waals surface area contributed by atoms with Crippen LogP contribution in [0.1, 0.15) is 17.3 Å². The van der Waals surface area contributed by atoms with Gasteiger partial charge in [0.2, 0.25) is 11.0 Å². The minimum atomic E-state index is -0.571. The topological polar surface area (TPSA) is 124 Å². The number of thioether (sulfide) groups is 1. The summed E-state index contributed by atoms with van der Waals surface area (Å²) in [6.07, 6.45) is 0. The van der Waals surface area contributed by atoms with Crippen molar-refractivity contribution < 1.29 is 9.59 Å². The average Bonchev–Trinajstić information content (AvgIpc) is 2.98. The van der Waals surface area contributed by atoms with E-state index < -0.39 is 11.2 Å². The summed E-state index contributed by atoms with van der Waals surface area (Å²) in [5.41, 5.74) is 11.0. The van der Waals surface area contributed by atoms with Gasteiger partial charge in [-0.3, -0.25) is 9.59 Å². The number of rotatable bonds is 5. The molecule has 106 valence electrons. The molecule has 7 nitrogen and oxygen atoms in total. The maximum atomic E-state index is 12.0. The first-order chi connectivity index (χ1) is 9.47. The molecule has 2 heterocycles. The average molecular weight is 329 g/mol. The normalized spacial score (nSPS) is 12.1. The molecule has 2 amide bonds. The number of nitrogens with two attached hydrogens (primary N) is 2. The summed E-state index contributed by atoms with van der Waals surface area (Å²) in [6.45, 7) is 1.73. The maximum absolute atomic E-state index is 12.0. The predicted molar refractivity (Wildman–Crippen MR) is 81.1 cm³/mol. The summed E-state index contributed by atoms with van der Waals surface area (Å²) in [4.78, 5) is 23.2. The molecule has 2 aromatic heterocycles. The van der Waals surface area contributed by atoms with Crippen molar-refractivity contribution in [1.29, 1.82) is 0 Å². The number of hydrogen-bond acceptors (Lipinski definition) is 8. The molecule has 0 saturated carbocycles. The van der Waals surface area contributed by atoms with Crippen molar-refractivity contribution >= 4 is 56.4 Å². The van der Waals surface area contributed by atoms with E-state index in [2.05, 4.69) is 15.5 Å². The fourth-order valence-corrected chi connectivity index (χ4v) is 3.86. The first kappa shape index (κ1) is 14.8. The van der Waals surface area contributed by atoms with Crippen molar-refractivity contribution in [1.82, 2.24) is 10.2 Å². The van der Waals surface area contributed by atoms with Gasteiger partial charge >= 0.3 is 0 Å². The van der Waals surface area contributed by atoms with E-state index in [1.807, 2.05) is 0 Å². The molecule has 0 spiro atoms. The molecule has 0 aliphatic heterocycles. The van der Waals surface area contributed by atoms with E-state index in [0.717, 1.165) is 0 Å². The van der Waals surface area contributed by atoms with Crippen LogP contribution in [0.25, 0.3) is 0 Å². The quantitative estimate of drug-likeness (QED) is 0.712. The molecule has 5 N–H and O–H groups in total. The van der Waals surface area contributed by atoms with Gasteiger partial charge in [0.1, 0.15) is 5.00 Å². The number of hydrogen-bond donors (Lipinski definition) is 3. The molecule has 2 aromatic rings. The standard InChI is InChI=1S/C10H11N5O2S3/c1-4(19-10-15-14-9(12)20-10)7(17)13-8-5(6(11)16)2-3-18-8/h2-4H,1H3,(H2,11,16)(H2,12,14)(H,13,17)/t4-/m0/s1. The van der Waals surface area contributed by atoms with E-state index in [9.17, 15) is 9.59 Å². The molecular formula is C10H11N5O2S3. The number of nitrogen functional groups attached to an aromatic ring is 1. The number of thiophene rings is 1. The Morgan fingerprint density at radius 3 is 2.80 bits per heavy atom. The molecule has 0 radical (unpaired) electrons. The van der Waals surface area contributed by atoms with Crippen LogP contribution < -0.4 is 16.8 Å². The van der Waals surface area contributed by atoms with E-state index >= 15 is 0 Å². The molecule has 0 fully saturated rings. The number of nitrogens with zero attached hydrogens (tertiary/aromatic N) is 2. The summed E-state index contributed by atoms with van der Waals surface area (Å²) < 4.78 is 0.617. The van der Waals surface area contributed by atoms with E-state index in [1.54, 1.807) is 18.4 Å². The van der Waals surface area contributed by atoms with E-state index in [0.29, 0.717) is 20.0 Å². The summed E-state index contributed by atoms with van der Waals surface area (Å²) in [7, 11) is 0. The second kappa shape index (κ2) is 6.20. The van der Waals surface area contributed by atoms with Crippen LogP contribution in [0.3, 0.4) is 0 Å². The Kier molecular flexibility index (Phi) is 4.57. The van der Waals surface area contributed by atoms with Crippen LogP contribution in [0.4, 0.5) is 10.1 Å². The van der Waals surface area contributed by atoms with Crippen molar-refractivity contribution in [2.75, 3.05) is 11.1 Å². The summed E-state index contributed by atoms with van der Waals surface area (Å²) >= 11 is 3.71. The van der Waals surface area contributed by atoms with Crippen molar-refractivity contribution in [3.63, 3.8) is 0 Å². The summed E-state index contributed by atoms with van der Waals surface area (Å²) in [6, 6.07) is 1.58. The van der Waals surface area contributed by atoms with Gasteiger partial charge in [-0.05, 0) is 18.4 Å². The fourth-order valence-electron chi connectivity index (χ4n) is 1.29. The summed E-state index contributed by atoms with van der Waals surface area (Å²) in [5.74, 6) is -0.813. The minimum Gasteiger partial charge on any atom is -0.374 e. The first-order valence-electron chi connectivity index (χ1n) is 5.41. The van der Waals surface area contributed by atoms with Gasteiger partial charge < -0.3 is 16.8 Å². The summed E-state index contributed by atoms with van der Waals surface area (Å²) in [5, 5.41) is 12.3. The number of carbonyl (C=O) groups excluding carboxylic acids is 2. The molecule has 1 atom stereocenters. The van der Waals surface area contributed by atoms with Crippen molar-refractivity contribution in [3.05, 3.63) is 17.0 Å². The van der Waals surface area contributed by atoms with Gasteiger partial charge in [-0.15, -0.1) is 21.5 Å². The zero-order valence-corrected chi connectivity index (χ0v) is 12.8. The largest absolute Gasteiger partial charge is 0.374 e. The van der Waals surface area contributed by atoms with E-state index in [-0.39, 0.29) is 5.91 Å². The van der Waals surface area contributed by atoms with E-state index in [4.69, 9.17) is 11.5 Å². The van der Waals surface area contributed by atoms with Crippen LogP contribution in [0.15, 0.2) is 15.8 Å². The van der Waals surface area contributed by atoms with Crippen LogP contribution >= 0.6 is 34.4 Å². The molecule has 0 unspecified atom stereocenters. The highest BCUT2D eigenvalue weighted by Crippen LogP contribution is 2.29.